The van der Waals surface area contributed by atoms with E-state index in [1.807, 2.05) is 30.3 Å². The summed E-state index contributed by atoms with van der Waals surface area (Å²) in [5.74, 6) is 0.186. The molecule has 0 aliphatic rings. The van der Waals surface area contributed by atoms with Crippen LogP contribution >= 0.6 is 0 Å². The molecule has 4 rings (SSSR count). The van der Waals surface area contributed by atoms with Crippen LogP contribution in [0, 0.1) is 10.1 Å². The normalized spacial score (nSPS) is 11.6. The number of esters is 1. The van der Waals surface area contributed by atoms with E-state index in [0.717, 1.165) is 10.8 Å². The molecule has 4 aromatic carbocycles. The predicted molar refractivity (Wildman–Crippen MR) is 147 cm³/mol. The van der Waals surface area contributed by atoms with E-state index in [2.05, 4.69) is 10.5 Å². The van der Waals surface area contributed by atoms with Crippen molar-refractivity contribution in [3.8, 4) is 23.0 Å². The van der Waals surface area contributed by atoms with E-state index in [-0.39, 0.29) is 22.7 Å². The summed E-state index contributed by atoms with van der Waals surface area (Å²) in [5, 5.41) is 16.5. The molecule has 0 aromatic heterocycles. The molecule has 11 heteroatoms. The Kier molecular flexibility index (Phi) is 8.55. The van der Waals surface area contributed by atoms with Gasteiger partial charge in [0, 0.05) is 17.7 Å². The van der Waals surface area contributed by atoms with E-state index >= 15 is 0 Å². The molecule has 0 saturated carbocycles. The van der Waals surface area contributed by atoms with Gasteiger partial charge in [0.2, 0.25) is 0 Å². The summed E-state index contributed by atoms with van der Waals surface area (Å²) in [4.78, 5) is 35.8. The number of carbonyl (C=O) groups is 2. The highest BCUT2D eigenvalue weighted by Gasteiger charge is 2.17. The number of nitro groups is 1. The molecule has 0 fully saturated rings. The van der Waals surface area contributed by atoms with Crippen LogP contribution in [0.15, 0.2) is 84.0 Å². The largest absolute Gasteiger partial charge is 0.493 e. The maximum Gasteiger partial charge on any atom is 0.343 e. The van der Waals surface area contributed by atoms with Crippen molar-refractivity contribution in [2.24, 2.45) is 5.10 Å². The fraction of sp³-hybridized carbons (Fsp3) is 0.138. The third-order valence-electron chi connectivity index (χ3n) is 5.85. The minimum absolute atomic E-state index is 0.0909. The molecule has 0 radical (unpaired) electrons. The molecule has 1 N–H and O–H groups in total. The van der Waals surface area contributed by atoms with Gasteiger partial charge in [-0.2, -0.15) is 5.10 Å². The molecule has 4 aromatic rings. The predicted octanol–water partition coefficient (Wildman–Crippen LogP) is 4.90. The zero-order valence-electron chi connectivity index (χ0n) is 21.8. The van der Waals surface area contributed by atoms with Gasteiger partial charge in [0.1, 0.15) is 11.5 Å². The Labute approximate surface area is 229 Å². The van der Waals surface area contributed by atoms with Gasteiger partial charge in [0.05, 0.1) is 30.9 Å². The Bertz CT molecular complexity index is 1580. The molecule has 11 nitrogen and oxygen atoms in total. The Morgan fingerprint density at radius 2 is 1.62 bits per heavy atom. The van der Waals surface area contributed by atoms with Gasteiger partial charge in [-0.25, -0.2) is 10.2 Å². The van der Waals surface area contributed by atoms with Crippen LogP contribution < -0.4 is 24.4 Å². The third-order valence-corrected chi connectivity index (χ3v) is 5.85. The maximum atomic E-state index is 13.0. The van der Waals surface area contributed by atoms with E-state index in [0.29, 0.717) is 17.1 Å². The average Bonchev–Trinajstić information content (AvgIpc) is 2.97. The summed E-state index contributed by atoms with van der Waals surface area (Å²) in [5.41, 5.74) is 3.04. The van der Waals surface area contributed by atoms with Crippen LogP contribution in [0.2, 0.25) is 0 Å². The highest BCUT2D eigenvalue weighted by Crippen LogP contribution is 2.30. The standard InChI is InChI=1S/C29H25N3O8/c1-18(39-22-12-10-21(11-13-22)32(35)36)28(33)31-30-17-24-23-7-5-4-6-19(23)8-14-25(24)40-29(34)20-9-15-26(37-2)27(16-20)38-3/h4-18H,1-3H3,(H,31,33)/b30-17-/t18-/m0/s1. The topological polar surface area (TPSA) is 139 Å². The summed E-state index contributed by atoms with van der Waals surface area (Å²) < 4.78 is 21.8. The highest BCUT2D eigenvalue weighted by atomic mass is 16.6. The molecule has 1 atom stereocenters. The third kappa shape index (κ3) is 6.33. The number of fused-ring (bicyclic) bond motifs is 1. The molecule has 0 heterocycles. The van der Waals surface area contributed by atoms with Gasteiger partial charge in [0.25, 0.3) is 11.6 Å². The van der Waals surface area contributed by atoms with E-state index in [9.17, 15) is 19.7 Å². The molecule has 0 saturated heterocycles. The number of nitro benzene ring substituents is 1. The number of hydrazone groups is 1. The van der Waals surface area contributed by atoms with Crippen molar-refractivity contribution in [3.63, 3.8) is 0 Å². The van der Waals surface area contributed by atoms with Gasteiger partial charge >= 0.3 is 5.97 Å². The number of hydrogen-bond acceptors (Lipinski definition) is 9. The number of hydrogen-bond donors (Lipinski definition) is 1. The van der Waals surface area contributed by atoms with Crippen LogP contribution in [0.1, 0.15) is 22.8 Å². The van der Waals surface area contributed by atoms with Gasteiger partial charge < -0.3 is 18.9 Å². The Morgan fingerprint density at radius 1 is 0.925 bits per heavy atom. The molecule has 0 spiro atoms. The van der Waals surface area contributed by atoms with E-state index in [1.165, 1.54) is 57.7 Å². The molecule has 0 aliphatic heterocycles. The van der Waals surface area contributed by atoms with Crippen molar-refractivity contribution < 1.29 is 33.5 Å². The lowest BCUT2D eigenvalue weighted by Crippen LogP contribution is -2.33. The summed E-state index contributed by atoms with van der Waals surface area (Å²) in [6.45, 7) is 1.51. The summed E-state index contributed by atoms with van der Waals surface area (Å²) in [7, 11) is 2.97. The van der Waals surface area contributed by atoms with Crippen molar-refractivity contribution >= 4 is 34.6 Å². The van der Waals surface area contributed by atoms with E-state index < -0.39 is 22.9 Å². The molecule has 204 valence electrons. The number of amides is 1. The van der Waals surface area contributed by atoms with Crippen LogP contribution in [0.3, 0.4) is 0 Å². The first-order valence-corrected chi connectivity index (χ1v) is 12.0. The second-order valence-corrected chi connectivity index (χ2v) is 8.40. The van der Waals surface area contributed by atoms with Gasteiger partial charge in [-0.15, -0.1) is 0 Å². The lowest BCUT2D eigenvalue weighted by atomic mass is 10.0. The summed E-state index contributed by atoms with van der Waals surface area (Å²) in [6.07, 6.45) is 0.434. The quantitative estimate of drug-likeness (QED) is 0.0980. The average molecular weight is 544 g/mol. The first kappa shape index (κ1) is 27.6. The molecule has 0 bridgehead atoms. The monoisotopic (exact) mass is 543 g/mol. The van der Waals surface area contributed by atoms with Crippen LogP contribution in [0.5, 0.6) is 23.0 Å². The van der Waals surface area contributed by atoms with E-state index in [1.54, 1.807) is 18.2 Å². The lowest BCUT2D eigenvalue weighted by molar-refractivity contribution is -0.384. The SMILES string of the molecule is COc1ccc(C(=O)Oc2ccc3ccccc3c2/C=N\NC(=O)[C@H](C)Oc2ccc([N+](=O)[O-])cc2)cc1OC. The van der Waals surface area contributed by atoms with E-state index in [4.69, 9.17) is 18.9 Å². The molecular weight excluding hydrogens is 518 g/mol. The van der Waals surface area contributed by atoms with Crippen molar-refractivity contribution in [2.45, 2.75) is 13.0 Å². The molecule has 0 aliphatic carbocycles. The van der Waals surface area contributed by atoms with Crippen LogP contribution in [0.4, 0.5) is 5.69 Å². The smallest absolute Gasteiger partial charge is 0.343 e. The van der Waals surface area contributed by atoms with Crippen molar-refractivity contribution in [3.05, 3.63) is 100 Å². The van der Waals surface area contributed by atoms with Gasteiger partial charge in [-0.1, -0.05) is 30.3 Å². The number of methoxy groups -OCH3 is 2. The van der Waals surface area contributed by atoms with Gasteiger partial charge in [-0.05, 0) is 54.1 Å². The Morgan fingerprint density at radius 3 is 2.33 bits per heavy atom. The second kappa shape index (κ2) is 12.4. The molecule has 1 amide bonds. The van der Waals surface area contributed by atoms with Crippen molar-refractivity contribution in [1.82, 2.24) is 5.43 Å². The zero-order chi connectivity index (χ0) is 28.6. The Hall–Kier alpha value is -5.45. The maximum absolute atomic E-state index is 13.0. The lowest BCUT2D eigenvalue weighted by Gasteiger charge is -2.13. The van der Waals surface area contributed by atoms with Crippen molar-refractivity contribution in [2.75, 3.05) is 14.2 Å². The minimum atomic E-state index is -0.950. The molecule has 40 heavy (non-hydrogen) atoms. The van der Waals surface area contributed by atoms with Crippen LogP contribution in [-0.4, -0.2) is 43.3 Å². The van der Waals surface area contributed by atoms with Crippen LogP contribution in [0.25, 0.3) is 10.8 Å². The number of carbonyl (C=O) groups excluding carboxylic acids is 2. The zero-order valence-corrected chi connectivity index (χ0v) is 21.8. The fourth-order valence-corrected chi connectivity index (χ4v) is 3.78. The minimum Gasteiger partial charge on any atom is -0.493 e. The number of nitrogens with zero attached hydrogens (tertiary/aromatic N) is 2. The first-order valence-electron chi connectivity index (χ1n) is 12.0. The fourth-order valence-electron chi connectivity index (χ4n) is 3.78. The molecule has 0 unspecified atom stereocenters. The summed E-state index contributed by atoms with van der Waals surface area (Å²) >= 11 is 0. The van der Waals surface area contributed by atoms with Crippen LogP contribution in [-0.2, 0) is 4.79 Å². The first-order chi connectivity index (χ1) is 19.3. The highest BCUT2D eigenvalue weighted by molar-refractivity contribution is 6.04. The number of ether oxygens (including phenoxy) is 4. The van der Waals surface area contributed by atoms with Gasteiger partial charge in [0.15, 0.2) is 17.6 Å². The second-order valence-electron chi connectivity index (χ2n) is 8.40. The summed E-state index contributed by atoms with van der Waals surface area (Å²) in [6, 6.07) is 20.9. The number of non-ortho nitro benzene ring substituents is 1. The van der Waals surface area contributed by atoms with Crippen molar-refractivity contribution in [1.29, 1.82) is 0 Å². The Balaban J connectivity index is 1.52. The number of rotatable bonds is 10. The molecular formula is C29H25N3O8. The number of benzene rings is 4. The number of nitrogens with one attached hydrogen (secondary N) is 1. The van der Waals surface area contributed by atoms with Gasteiger partial charge in [-0.3, -0.25) is 14.9 Å².